The number of carboxylic acid groups (broad SMARTS) is 1. The minimum absolute atomic E-state index is 0.00266. The molecule has 0 unspecified atom stereocenters. The lowest BCUT2D eigenvalue weighted by Gasteiger charge is -2.16. The lowest BCUT2D eigenvalue weighted by atomic mass is 10.0. The van der Waals surface area contributed by atoms with Gasteiger partial charge in [0.05, 0.1) is 15.6 Å². The second-order valence-corrected chi connectivity index (χ2v) is 9.36. The van der Waals surface area contributed by atoms with Gasteiger partial charge in [0, 0.05) is 22.6 Å². The third-order valence-corrected chi connectivity index (χ3v) is 6.58. The highest BCUT2D eigenvalue weighted by atomic mass is 35.5. The average molecular weight is 560 g/mol. The van der Waals surface area contributed by atoms with Gasteiger partial charge in [0.2, 0.25) is 0 Å². The van der Waals surface area contributed by atoms with Crippen LogP contribution in [0.3, 0.4) is 0 Å². The van der Waals surface area contributed by atoms with Crippen LogP contribution in [0.15, 0.2) is 76.8 Å². The van der Waals surface area contributed by atoms with Crippen molar-refractivity contribution in [2.75, 3.05) is 18.7 Å². The first kappa shape index (κ1) is 28.0. The number of nitrogens with zero attached hydrogens (tertiary/aromatic N) is 1. The van der Waals surface area contributed by atoms with E-state index in [1.54, 1.807) is 66.4 Å². The maximum absolute atomic E-state index is 12.9. The molecule has 0 aliphatic rings. The van der Waals surface area contributed by atoms with Gasteiger partial charge in [0.25, 0.3) is 11.8 Å². The number of hydrogen-bond donors (Lipinski definition) is 3. The number of amides is 2. The minimum atomic E-state index is -1.23. The summed E-state index contributed by atoms with van der Waals surface area (Å²) in [5.41, 5.74) is 1.68. The van der Waals surface area contributed by atoms with Gasteiger partial charge in [-0.05, 0) is 48.2 Å². The Morgan fingerprint density at radius 3 is 2.16 bits per heavy atom. The van der Waals surface area contributed by atoms with E-state index in [4.69, 9.17) is 28.0 Å². The number of carboxylic acids is 1. The smallest absolute Gasteiger partial charge is 0.326 e. The molecule has 0 radical (unpaired) electrons. The number of nitrogens with one attached hydrogen (secondary N) is 2. The summed E-state index contributed by atoms with van der Waals surface area (Å²) in [6.07, 6.45) is 1.93. The van der Waals surface area contributed by atoms with Crippen LogP contribution >= 0.6 is 35.0 Å². The molecule has 37 heavy (non-hydrogen) atoms. The number of carbonyl (C=O) groups is 3. The summed E-state index contributed by atoms with van der Waals surface area (Å²) in [7, 11) is 1.30. The van der Waals surface area contributed by atoms with Crippen LogP contribution in [-0.4, -0.2) is 48.0 Å². The zero-order valence-electron chi connectivity index (χ0n) is 19.8. The van der Waals surface area contributed by atoms with Crippen molar-refractivity contribution in [3.8, 4) is 0 Å². The van der Waals surface area contributed by atoms with Crippen LogP contribution in [0.1, 0.15) is 21.5 Å². The first-order valence-corrected chi connectivity index (χ1v) is 12.8. The summed E-state index contributed by atoms with van der Waals surface area (Å²) < 4.78 is 0. The van der Waals surface area contributed by atoms with Crippen molar-refractivity contribution in [3.05, 3.63) is 93.5 Å². The van der Waals surface area contributed by atoms with Gasteiger partial charge in [-0.2, -0.15) is 0 Å². The Morgan fingerprint density at radius 2 is 1.62 bits per heavy atom. The highest BCUT2D eigenvalue weighted by Crippen LogP contribution is 2.25. The fraction of sp³-hybridized carbons (Fsp3) is 0.154. The second-order valence-electron chi connectivity index (χ2n) is 7.67. The van der Waals surface area contributed by atoms with Crippen LogP contribution in [0.4, 0.5) is 5.69 Å². The Bertz CT molecular complexity index is 1290. The lowest BCUT2D eigenvalue weighted by molar-refractivity contribution is -0.141. The minimum Gasteiger partial charge on any atom is -0.480 e. The van der Waals surface area contributed by atoms with Crippen molar-refractivity contribution in [2.24, 2.45) is 5.16 Å². The molecule has 0 saturated carbocycles. The third-order valence-electron chi connectivity index (χ3n) is 5.21. The number of oxime groups is 1. The predicted molar refractivity (Wildman–Crippen MR) is 146 cm³/mol. The number of aliphatic carboxylic acids is 1. The summed E-state index contributed by atoms with van der Waals surface area (Å²) in [6, 6.07) is 17.1. The van der Waals surface area contributed by atoms with E-state index in [1.807, 2.05) is 18.4 Å². The highest BCUT2D eigenvalue weighted by Gasteiger charge is 2.24. The molecule has 1 atom stereocenters. The van der Waals surface area contributed by atoms with Gasteiger partial charge in [0.1, 0.15) is 13.2 Å². The Kier molecular flexibility index (Phi) is 9.96. The second kappa shape index (κ2) is 13.1. The van der Waals surface area contributed by atoms with Gasteiger partial charge >= 0.3 is 5.97 Å². The topological polar surface area (TPSA) is 117 Å². The highest BCUT2D eigenvalue weighted by molar-refractivity contribution is 7.98. The molecule has 2 amide bonds. The molecule has 3 aromatic rings. The fourth-order valence-corrected chi connectivity index (χ4v) is 4.34. The summed E-state index contributed by atoms with van der Waals surface area (Å²) in [4.78, 5) is 43.2. The van der Waals surface area contributed by atoms with E-state index in [2.05, 4.69) is 15.8 Å². The maximum atomic E-state index is 12.9. The van der Waals surface area contributed by atoms with Crippen LogP contribution in [0.25, 0.3) is 0 Å². The number of benzene rings is 3. The Balaban J connectivity index is 1.70. The van der Waals surface area contributed by atoms with Gasteiger partial charge in [-0.15, -0.1) is 11.8 Å². The van der Waals surface area contributed by atoms with Crippen LogP contribution < -0.4 is 10.6 Å². The van der Waals surface area contributed by atoms with E-state index in [1.165, 1.54) is 7.11 Å². The normalized spacial score (nSPS) is 11.9. The Hall–Kier alpha value is -3.53. The number of thioether (sulfide) groups is 1. The van der Waals surface area contributed by atoms with Crippen LogP contribution in [0, 0.1) is 0 Å². The van der Waals surface area contributed by atoms with Crippen molar-refractivity contribution in [1.29, 1.82) is 0 Å². The monoisotopic (exact) mass is 559 g/mol. The van der Waals surface area contributed by atoms with Crippen molar-refractivity contribution in [3.63, 3.8) is 0 Å². The first-order chi connectivity index (χ1) is 17.7. The number of carbonyl (C=O) groups excluding carboxylic acids is 2. The van der Waals surface area contributed by atoms with Gasteiger partial charge in [0.15, 0.2) is 5.71 Å². The molecule has 0 aliphatic carbocycles. The average Bonchev–Trinajstić information content (AvgIpc) is 2.87. The first-order valence-electron chi connectivity index (χ1n) is 10.9. The largest absolute Gasteiger partial charge is 0.480 e. The SMILES string of the molecule is CON=C(C(=O)N[C@@H](Cc1ccc(NC(=O)c2c(Cl)cccc2Cl)cc1)C(=O)O)c1ccc(SC)cc1. The molecule has 3 aromatic carbocycles. The predicted octanol–water partition coefficient (Wildman–Crippen LogP) is 5.13. The zero-order valence-corrected chi connectivity index (χ0v) is 22.2. The molecular weight excluding hydrogens is 537 g/mol. The summed E-state index contributed by atoms with van der Waals surface area (Å²) in [6.45, 7) is 0. The molecule has 0 bridgehead atoms. The molecule has 0 fully saturated rings. The van der Waals surface area contributed by atoms with E-state index < -0.39 is 23.8 Å². The third kappa shape index (κ3) is 7.48. The Morgan fingerprint density at radius 1 is 1.00 bits per heavy atom. The molecule has 0 saturated heterocycles. The number of hydrogen-bond acceptors (Lipinski definition) is 6. The summed E-state index contributed by atoms with van der Waals surface area (Å²) in [5.74, 6) is -2.38. The van der Waals surface area contributed by atoms with E-state index >= 15 is 0 Å². The molecule has 0 heterocycles. The van der Waals surface area contributed by atoms with Crippen molar-refractivity contribution in [2.45, 2.75) is 17.4 Å². The molecule has 192 valence electrons. The van der Waals surface area contributed by atoms with Crippen molar-refractivity contribution < 1.29 is 24.3 Å². The van der Waals surface area contributed by atoms with E-state index in [-0.39, 0.29) is 27.7 Å². The number of anilines is 1. The molecule has 8 nitrogen and oxygen atoms in total. The van der Waals surface area contributed by atoms with Crippen LogP contribution in [0.5, 0.6) is 0 Å². The molecule has 0 aromatic heterocycles. The van der Waals surface area contributed by atoms with E-state index in [0.29, 0.717) is 16.8 Å². The number of halogens is 2. The molecule has 3 N–H and O–H groups in total. The molecule has 0 spiro atoms. The van der Waals surface area contributed by atoms with E-state index in [0.717, 1.165) is 4.90 Å². The van der Waals surface area contributed by atoms with Crippen LogP contribution in [0.2, 0.25) is 10.0 Å². The molecule has 3 rings (SSSR count). The summed E-state index contributed by atoms with van der Waals surface area (Å²) in [5, 5.41) is 19.2. The standard InChI is InChI=1S/C26H23Cl2N3O5S/c1-36-31-23(16-8-12-18(37-2)13-9-16)25(33)30-21(26(34)35)14-15-6-10-17(11-7-15)29-24(32)22-19(27)4-3-5-20(22)28/h3-13,21H,14H2,1-2H3,(H,29,32)(H,30,33)(H,34,35)/t21-/m0/s1. The van der Waals surface area contributed by atoms with Gasteiger partial charge in [-0.1, -0.05) is 58.7 Å². The molecule has 0 aliphatic heterocycles. The molecule has 11 heteroatoms. The lowest BCUT2D eigenvalue weighted by Crippen LogP contribution is -2.45. The quantitative estimate of drug-likeness (QED) is 0.180. The van der Waals surface area contributed by atoms with Gasteiger partial charge in [-0.25, -0.2) is 4.79 Å². The van der Waals surface area contributed by atoms with Crippen LogP contribution in [-0.2, 0) is 20.8 Å². The maximum Gasteiger partial charge on any atom is 0.326 e. The van der Waals surface area contributed by atoms with Gasteiger partial charge in [-0.3, -0.25) is 9.59 Å². The molecular formula is C26H23Cl2N3O5S. The zero-order chi connectivity index (χ0) is 26.9. The van der Waals surface area contributed by atoms with E-state index in [9.17, 15) is 19.5 Å². The fourth-order valence-electron chi connectivity index (χ4n) is 3.36. The number of rotatable bonds is 10. The van der Waals surface area contributed by atoms with Crippen molar-refractivity contribution >= 4 is 64.1 Å². The van der Waals surface area contributed by atoms with Gasteiger partial charge < -0.3 is 20.6 Å². The summed E-state index contributed by atoms with van der Waals surface area (Å²) >= 11 is 13.7. The Labute approximate surface area is 228 Å². The van der Waals surface area contributed by atoms with Crippen molar-refractivity contribution in [1.82, 2.24) is 5.32 Å².